The van der Waals surface area contributed by atoms with Gasteiger partial charge in [0.15, 0.2) is 0 Å². The summed E-state index contributed by atoms with van der Waals surface area (Å²) in [4.78, 5) is 35.6. The molecule has 2 amide bonds. The number of nitrogens with zero attached hydrogens (tertiary/aromatic N) is 5. The number of nitrogens with one attached hydrogen (secondary N) is 2. The summed E-state index contributed by atoms with van der Waals surface area (Å²) in [5.74, 6) is 1.87. The maximum absolute atomic E-state index is 13.7. The normalized spacial score (nSPS) is 17.7. The quantitative estimate of drug-likeness (QED) is 0.305. The number of aryl methyl sites for hydroxylation is 2. The molecule has 220 valence electrons. The molecule has 1 fully saturated rings. The minimum Gasteiger partial charge on any atom is -0.477 e. The van der Waals surface area contributed by atoms with Crippen molar-refractivity contribution in [1.29, 1.82) is 0 Å². The van der Waals surface area contributed by atoms with Crippen LogP contribution < -0.4 is 15.4 Å². The van der Waals surface area contributed by atoms with E-state index in [2.05, 4.69) is 25.3 Å². The Bertz CT molecular complexity index is 1660. The molecule has 2 aliphatic rings. The van der Waals surface area contributed by atoms with Crippen LogP contribution >= 0.6 is 0 Å². The van der Waals surface area contributed by atoms with Gasteiger partial charge < -0.3 is 14.0 Å². The first-order chi connectivity index (χ1) is 20.0. The molecule has 11 heteroatoms. The molecule has 1 aliphatic heterocycles. The predicted molar refractivity (Wildman–Crippen MR) is 160 cm³/mol. The number of imidazole rings is 1. The number of hydrogen-bond acceptors (Lipinski definition) is 7. The molecule has 6 rings (SSSR count). The molecule has 2 bridgehead atoms. The highest BCUT2D eigenvalue weighted by molar-refractivity contribution is 6.05. The Hall–Kier alpha value is -4.41. The number of anilines is 2. The average molecular weight is 572 g/mol. The molecule has 4 heterocycles. The van der Waals surface area contributed by atoms with Crippen molar-refractivity contribution in [2.75, 3.05) is 17.2 Å². The van der Waals surface area contributed by atoms with E-state index in [1.807, 2.05) is 52.9 Å². The number of rotatable bonds is 2. The monoisotopic (exact) mass is 571 g/mol. The molecule has 1 aliphatic carbocycles. The Balaban J connectivity index is 1.39. The van der Waals surface area contributed by atoms with Gasteiger partial charge >= 0.3 is 6.09 Å². The Morgan fingerprint density at radius 3 is 2.69 bits per heavy atom. The van der Waals surface area contributed by atoms with Crippen LogP contribution in [0.5, 0.6) is 5.88 Å². The Morgan fingerprint density at radius 1 is 1.12 bits per heavy atom. The van der Waals surface area contributed by atoms with Crippen LogP contribution in [0.25, 0.3) is 22.3 Å². The molecule has 1 atom stereocenters. The fourth-order valence-electron chi connectivity index (χ4n) is 5.59. The van der Waals surface area contributed by atoms with Crippen LogP contribution in [0.3, 0.4) is 0 Å². The number of carbonyl (C=O) groups excluding carboxylic acids is 2. The van der Waals surface area contributed by atoms with Gasteiger partial charge in [0, 0.05) is 30.5 Å². The average Bonchev–Trinajstić information content (AvgIpc) is 3.61. The molecule has 0 radical (unpaired) electrons. The van der Waals surface area contributed by atoms with E-state index >= 15 is 0 Å². The summed E-state index contributed by atoms with van der Waals surface area (Å²) in [5.41, 5.74) is 4.06. The van der Waals surface area contributed by atoms with Gasteiger partial charge in [-0.25, -0.2) is 14.5 Å². The number of aromatic nitrogens is 5. The predicted octanol–water partition coefficient (Wildman–Crippen LogP) is 5.94. The molecule has 42 heavy (non-hydrogen) atoms. The molecule has 2 N–H and O–H groups in total. The fraction of sp³-hybridized carbons (Fsp3) is 0.452. The summed E-state index contributed by atoms with van der Waals surface area (Å²) >= 11 is 0. The van der Waals surface area contributed by atoms with E-state index in [9.17, 15) is 9.59 Å². The van der Waals surface area contributed by atoms with Gasteiger partial charge in [-0.1, -0.05) is 0 Å². The van der Waals surface area contributed by atoms with E-state index < -0.39 is 11.7 Å². The molecule has 4 aromatic rings. The zero-order valence-corrected chi connectivity index (χ0v) is 24.7. The second-order valence-electron chi connectivity index (χ2n) is 12.3. The van der Waals surface area contributed by atoms with Crippen molar-refractivity contribution in [2.24, 2.45) is 18.9 Å². The van der Waals surface area contributed by atoms with Gasteiger partial charge in [0.2, 0.25) is 11.8 Å². The van der Waals surface area contributed by atoms with E-state index in [0.717, 1.165) is 23.9 Å². The van der Waals surface area contributed by atoms with Crippen molar-refractivity contribution in [1.82, 2.24) is 24.3 Å². The number of amides is 2. The first kappa shape index (κ1) is 27.7. The summed E-state index contributed by atoms with van der Waals surface area (Å²) in [6.07, 6.45) is 5.46. The summed E-state index contributed by atoms with van der Waals surface area (Å²) < 4.78 is 15.5. The molecule has 0 spiro atoms. The van der Waals surface area contributed by atoms with E-state index in [1.54, 1.807) is 23.0 Å². The lowest BCUT2D eigenvalue weighted by Crippen LogP contribution is -2.27. The maximum atomic E-state index is 13.7. The highest BCUT2D eigenvalue weighted by atomic mass is 16.6. The number of benzene rings is 1. The molecule has 0 unspecified atom stereocenters. The molecular weight excluding hydrogens is 534 g/mol. The topological polar surface area (TPSA) is 125 Å². The summed E-state index contributed by atoms with van der Waals surface area (Å²) in [6.45, 7) is 8.59. The van der Waals surface area contributed by atoms with Crippen molar-refractivity contribution in [3.05, 3.63) is 47.8 Å². The van der Waals surface area contributed by atoms with Gasteiger partial charge in [-0.15, -0.1) is 0 Å². The second kappa shape index (κ2) is 10.8. The molecule has 11 nitrogen and oxygen atoms in total. The van der Waals surface area contributed by atoms with Crippen LogP contribution in [0.2, 0.25) is 0 Å². The van der Waals surface area contributed by atoms with Crippen LogP contribution in [-0.2, 0) is 18.3 Å². The van der Waals surface area contributed by atoms with E-state index in [4.69, 9.17) is 14.5 Å². The number of pyridine rings is 1. The zero-order chi connectivity index (χ0) is 29.6. The number of hydrogen-bond donors (Lipinski definition) is 2. The highest BCUT2D eigenvalue weighted by Crippen LogP contribution is 2.41. The van der Waals surface area contributed by atoms with Crippen molar-refractivity contribution in [3.8, 4) is 17.1 Å². The minimum atomic E-state index is -0.611. The summed E-state index contributed by atoms with van der Waals surface area (Å²) in [6, 6.07) is 9.10. The SMILES string of the molecule is Cc1cc2cc(n1)-c1cnn(C)c1OCCC[C@@H](C1CC1)Cn1c(nc3cc(NC(=O)OC(C)(C)C)ccc31)NC2=O. The number of carbonyl (C=O) groups is 2. The summed E-state index contributed by atoms with van der Waals surface area (Å²) in [7, 11) is 1.85. The smallest absolute Gasteiger partial charge is 0.412 e. The van der Waals surface area contributed by atoms with Gasteiger partial charge in [0.1, 0.15) is 5.60 Å². The lowest BCUT2D eigenvalue weighted by Gasteiger charge is -2.20. The van der Waals surface area contributed by atoms with Gasteiger partial charge in [0.25, 0.3) is 5.91 Å². The van der Waals surface area contributed by atoms with E-state index in [1.165, 1.54) is 12.8 Å². The Morgan fingerprint density at radius 2 is 1.93 bits per heavy atom. The third-order valence-corrected chi connectivity index (χ3v) is 7.66. The first-order valence-electron chi connectivity index (χ1n) is 14.5. The summed E-state index contributed by atoms with van der Waals surface area (Å²) in [5, 5.41) is 10.3. The lowest BCUT2D eigenvalue weighted by molar-refractivity contribution is 0.0635. The van der Waals surface area contributed by atoms with Crippen LogP contribution in [0.4, 0.5) is 16.4 Å². The van der Waals surface area contributed by atoms with Crippen molar-refractivity contribution >= 4 is 34.7 Å². The van der Waals surface area contributed by atoms with Crippen molar-refractivity contribution < 1.29 is 19.1 Å². The molecule has 3 aromatic heterocycles. The molecular formula is C31H37N7O4. The van der Waals surface area contributed by atoms with Gasteiger partial charge in [-0.2, -0.15) is 5.10 Å². The number of fused-ring (bicyclic) bond motifs is 7. The molecule has 1 saturated carbocycles. The Kier molecular flexibility index (Phi) is 7.12. The third-order valence-electron chi connectivity index (χ3n) is 7.66. The van der Waals surface area contributed by atoms with Crippen molar-refractivity contribution in [3.63, 3.8) is 0 Å². The number of ether oxygens (including phenoxy) is 2. The first-order valence-corrected chi connectivity index (χ1v) is 14.5. The maximum Gasteiger partial charge on any atom is 0.412 e. The second-order valence-corrected chi connectivity index (χ2v) is 12.3. The third kappa shape index (κ3) is 5.95. The van der Waals surface area contributed by atoms with Crippen molar-refractivity contribution in [2.45, 2.75) is 65.5 Å². The Labute approximate surface area is 244 Å². The van der Waals surface area contributed by atoms with Gasteiger partial charge in [-0.3, -0.25) is 20.4 Å². The van der Waals surface area contributed by atoms with Gasteiger partial charge in [-0.05, 0) is 95.5 Å². The standard InChI is InChI=1S/C31H37N7O4/c1-18-13-21-14-24(33-18)23-16-32-37(5)28(23)41-12-6-7-20(19-8-9-19)17-38-26-11-10-22(34-30(40)42-31(2,3)4)15-25(26)35-29(38)36-27(21)39/h10-11,13-16,19-20H,6-9,12,17H2,1-5H3,(H,34,40)(H,35,36,39)/t20-/m1/s1. The highest BCUT2D eigenvalue weighted by Gasteiger charge is 2.32. The molecule has 1 aromatic carbocycles. The van der Waals surface area contributed by atoms with Gasteiger partial charge in [0.05, 0.1) is 35.1 Å². The minimum absolute atomic E-state index is 0.283. The lowest BCUT2D eigenvalue weighted by atomic mass is 9.97. The van der Waals surface area contributed by atoms with Crippen LogP contribution in [0, 0.1) is 18.8 Å². The fourth-order valence-corrected chi connectivity index (χ4v) is 5.59. The van der Waals surface area contributed by atoms with E-state index in [-0.39, 0.29) is 5.91 Å². The largest absolute Gasteiger partial charge is 0.477 e. The van der Waals surface area contributed by atoms with Crippen LogP contribution in [-0.4, -0.2) is 48.5 Å². The molecule has 0 saturated heterocycles. The van der Waals surface area contributed by atoms with Crippen LogP contribution in [0.1, 0.15) is 62.5 Å². The van der Waals surface area contributed by atoms with Crippen LogP contribution in [0.15, 0.2) is 36.5 Å². The van der Waals surface area contributed by atoms with E-state index in [0.29, 0.717) is 65.0 Å². The zero-order valence-electron chi connectivity index (χ0n) is 24.7.